The first-order valence-corrected chi connectivity index (χ1v) is 8.61. The second kappa shape index (κ2) is 6.01. The quantitative estimate of drug-likeness (QED) is 0.865. The number of sulfone groups is 1. The van der Waals surface area contributed by atoms with Crippen LogP contribution in [0, 0.1) is 0 Å². The van der Waals surface area contributed by atoms with Crippen molar-refractivity contribution >= 4 is 33.2 Å². The molecule has 1 fully saturated rings. The fraction of sp³-hybridized carbons (Fsp3) is 0.462. The molecule has 1 heterocycles. The molecule has 0 unspecified atom stereocenters. The maximum atomic E-state index is 12.3. The highest BCUT2D eigenvalue weighted by Gasteiger charge is 2.27. The summed E-state index contributed by atoms with van der Waals surface area (Å²) in [6, 6.07) is 6.52. The number of hydrogen-bond donors (Lipinski definition) is 1. The van der Waals surface area contributed by atoms with Crippen LogP contribution in [-0.2, 0) is 9.84 Å². The summed E-state index contributed by atoms with van der Waals surface area (Å²) in [4.78, 5) is 13.8. The topological polar surface area (TPSA) is 66.5 Å². The van der Waals surface area contributed by atoms with Crippen molar-refractivity contribution in [2.75, 3.05) is 23.4 Å². The molecule has 7 heteroatoms. The molecule has 1 aromatic rings. The number of carbonyl (C=O) groups is 1. The second-order valence-corrected chi connectivity index (χ2v) is 7.60. The van der Waals surface area contributed by atoms with E-state index in [1.807, 2.05) is 6.92 Å². The zero-order valence-electron chi connectivity index (χ0n) is 11.2. The summed E-state index contributed by atoms with van der Waals surface area (Å²) >= 11 is 5.99. The van der Waals surface area contributed by atoms with Gasteiger partial charge in [0, 0.05) is 12.6 Å². The van der Waals surface area contributed by atoms with Gasteiger partial charge in [-0.3, -0.25) is 0 Å². The monoisotopic (exact) mass is 316 g/mol. The van der Waals surface area contributed by atoms with Crippen LogP contribution in [0.5, 0.6) is 0 Å². The smallest absolute Gasteiger partial charge is 0.321 e. The van der Waals surface area contributed by atoms with Gasteiger partial charge in [-0.25, -0.2) is 13.2 Å². The SMILES string of the molecule is C[C@@H]1CCS(=O)(=O)CCN1C(=O)Nc1ccccc1Cl. The summed E-state index contributed by atoms with van der Waals surface area (Å²) in [7, 11) is -3.05. The zero-order valence-corrected chi connectivity index (χ0v) is 12.7. The van der Waals surface area contributed by atoms with Crippen molar-refractivity contribution in [1.29, 1.82) is 0 Å². The maximum Gasteiger partial charge on any atom is 0.322 e. The predicted octanol–water partition coefficient (Wildman–Crippen LogP) is 2.38. The predicted molar refractivity (Wildman–Crippen MR) is 79.9 cm³/mol. The van der Waals surface area contributed by atoms with Crippen LogP contribution in [0.1, 0.15) is 13.3 Å². The van der Waals surface area contributed by atoms with Gasteiger partial charge in [-0.2, -0.15) is 0 Å². The first kappa shape index (κ1) is 15.1. The molecule has 1 saturated heterocycles. The third kappa shape index (κ3) is 3.64. The zero-order chi connectivity index (χ0) is 14.8. The van der Waals surface area contributed by atoms with Gasteiger partial charge in [0.05, 0.1) is 22.2 Å². The second-order valence-electron chi connectivity index (χ2n) is 4.89. The first-order valence-electron chi connectivity index (χ1n) is 6.41. The van der Waals surface area contributed by atoms with Gasteiger partial charge in [0.1, 0.15) is 0 Å². The molecular formula is C13H17ClN2O3S. The number of hydrogen-bond acceptors (Lipinski definition) is 3. The molecule has 1 aliphatic rings. The van der Waals surface area contributed by atoms with Crippen LogP contribution < -0.4 is 5.32 Å². The summed E-state index contributed by atoms with van der Waals surface area (Å²) < 4.78 is 23.2. The number of benzene rings is 1. The molecule has 1 aliphatic heterocycles. The van der Waals surface area contributed by atoms with Gasteiger partial charge < -0.3 is 10.2 Å². The van der Waals surface area contributed by atoms with E-state index in [4.69, 9.17) is 11.6 Å². The standard InChI is InChI=1S/C13H17ClN2O3S/c1-10-6-8-20(18,19)9-7-16(10)13(17)15-12-5-3-2-4-11(12)14/h2-5,10H,6-9H2,1H3,(H,15,17)/t10-/m1/s1. The van der Waals surface area contributed by atoms with Crippen molar-refractivity contribution in [3.63, 3.8) is 0 Å². The van der Waals surface area contributed by atoms with Crippen LogP contribution in [0.25, 0.3) is 0 Å². The van der Waals surface area contributed by atoms with Gasteiger partial charge in [-0.15, -0.1) is 0 Å². The lowest BCUT2D eigenvalue weighted by Crippen LogP contribution is -2.42. The fourth-order valence-electron chi connectivity index (χ4n) is 2.12. The van der Waals surface area contributed by atoms with Gasteiger partial charge in [0.15, 0.2) is 9.84 Å². The summed E-state index contributed by atoms with van der Waals surface area (Å²) in [6.07, 6.45) is 0.457. The van der Waals surface area contributed by atoms with E-state index in [1.165, 1.54) is 0 Å². The Bertz CT molecular complexity index is 603. The molecule has 1 atom stereocenters. The van der Waals surface area contributed by atoms with E-state index in [1.54, 1.807) is 29.2 Å². The highest BCUT2D eigenvalue weighted by Crippen LogP contribution is 2.22. The minimum atomic E-state index is -3.05. The van der Waals surface area contributed by atoms with Gasteiger partial charge >= 0.3 is 6.03 Å². The maximum absolute atomic E-state index is 12.3. The molecule has 2 rings (SSSR count). The van der Waals surface area contributed by atoms with Crippen LogP contribution in [0.4, 0.5) is 10.5 Å². The summed E-state index contributed by atoms with van der Waals surface area (Å²) in [5, 5.41) is 3.18. The van der Waals surface area contributed by atoms with Gasteiger partial charge in [-0.05, 0) is 25.5 Å². The van der Waals surface area contributed by atoms with Crippen molar-refractivity contribution in [2.45, 2.75) is 19.4 Å². The molecule has 0 aromatic heterocycles. The number of para-hydroxylation sites is 1. The molecule has 5 nitrogen and oxygen atoms in total. The van der Waals surface area contributed by atoms with Gasteiger partial charge in [0.2, 0.25) is 0 Å². The molecule has 0 spiro atoms. The summed E-state index contributed by atoms with van der Waals surface area (Å²) in [5.41, 5.74) is 0.526. The molecule has 0 aliphatic carbocycles. The van der Waals surface area contributed by atoms with Crippen molar-refractivity contribution in [1.82, 2.24) is 4.90 Å². The number of urea groups is 1. The van der Waals surface area contributed by atoms with E-state index < -0.39 is 9.84 Å². The lowest BCUT2D eigenvalue weighted by atomic mass is 10.2. The number of halogens is 1. The Hall–Kier alpha value is -1.27. The number of rotatable bonds is 1. The minimum Gasteiger partial charge on any atom is -0.321 e. The third-order valence-corrected chi connectivity index (χ3v) is 5.39. The number of carbonyl (C=O) groups excluding carboxylic acids is 1. The van der Waals surface area contributed by atoms with Crippen LogP contribution in [0.2, 0.25) is 5.02 Å². The van der Waals surface area contributed by atoms with Crippen molar-refractivity contribution in [3.8, 4) is 0 Å². The number of nitrogens with one attached hydrogen (secondary N) is 1. The molecule has 0 bridgehead atoms. The van der Waals surface area contributed by atoms with Gasteiger partial charge in [0.25, 0.3) is 0 Å². The van der Waals surface area contributed by atoms with Gasteiger partial charge in [-0.1, -0.05) is 23.7 Å². The lowest BCUT2D eigenvalue weighted by molar-refractivity contribution is 0.197. The molecule has 0 radical (unpaired) electrons. The molecule has 1 N–H and O–H groups in total. The molecule has 0 saturated carbocycles. The molecular weight excluding hydrogens is 300 g/mol. The van der Waals surface area contributed by atoms with E-state index in [9.17, 15) is 13.2 Å². The molecule has 2 amide bonds. The van der Waals surface area contributed by atoms with E-state index in [0.29, 0.717) is 17.1 Å². The van der Waals surface area contributed by atoms with Crippen molar-refractivity contribution < 1.29 is 13.2 Å². The average Bonchev–Trinajstić information content (AvgIpc) is 2.52. The Morgan fingerprint density at radius 3 is 2.75 bits per heavy atom. The Morgan fingerprint density at radius 2 is 2.05 bits per heavy atom. The lowest BCUT2D eigenvalue weighted by Gasteiger charge is -2.26. The Kier molecular flexibility index (Phi) is 4.55. The normalized spacial score (nSPS) is 22.1. The van der Waals surface area contributed by atoms with E-state index in [0.717, 1.165) is 0 Å². The number of amides is 2. The highest BCUT2D eigenvalue weighted by molar-refractivity contribution is 7.91. The molecule has 20 heavy (non-hydrogen) atoms. The summed E-state index contributed by atoms with van der Waals surface area (Å²) in [6.45, 7) is 2.06. The van der Waals surface area contributed by atoms with Crippen LogP contribution in [0.3, 0.4) is 0 Å². The molecule has 110 valence electrons. The van der Waals surface area contributed by atoms with Crippen LogP contribution in [0.15, 0.2) is 24.3 Å². The summed E-state index contributed by atoms with van der Waals surface area (Å²) in [5.74, 6) is 0.136. The Labute approximate surface area is 123 Å². The number of nitrogens with zero attached hydrogens (tertiary/aromatic N) is 1. The van der Waals surface area contributed by atoms with Crippen molar-refractivity contribution in [2.24, 2.45) is 0 Å². The Balaban J connectivity index is 2.10. The van der Waals surface area contributed by atoms with Crippen molar-refractivity contribution in [3.05, 3.63) is 29.3 Å². The average molecular weight is 317 g/mol. The third-order valence-electron chi connectivity index (χ3n) is 3.40. The molecule has 1 aromatic carbocycles. The fourth-order valence-corrected chi connectivity index (χ4v) is 3.68. The van der Waals surface area contributed by atoms with Crippen LogP contribution >= 0.6 is 11.6 Å². The van der Waals surface area contributed by atoms with E-state index >= 15 is 0 Å². The minimum absolute atomic E-state index is 0.00722. The highest BCUT2D eigenvalue weighted by atomic mass is 35.5. The number of anilines is 1. The van der Waals surface area contributed by atoms with E-state index in [2.05, 4.69) is 5.32 Å². The Morgan fingerprint density at radius 1 is 1.35 bits per heavy atom. The first-order chi connectivity index (χ1) is 9.39. The van der Waals surface area contributed by atoms with E-state index in [-0.39, 0.29) is 30.1 Å². The van der Waals surface area contributed by atoms with Crippen LogP contribution in [-0.4, -0.2) is 43.4 Å². The largest absolute Gasteiger partial charge is 0.322 e.